The van der Waals surface area contributed by atoms with Crippen molar-refractivity contribution in [1.29, 1.82) is 0 Å². The Balaban J connectivity index is 1.67. The van der Waals surface area contributed by atoms with E-state index < -0.39 is 29.7 Å². The molecule has 1 aromatic rings. The number of nitrogens with two attached hydrogens (primary N) is 1. The van der Waals surface area contributed by atoms with Gasteiger partial charge in [0.05, 0.1) is 29.8 Å². The number of unbranched alkanes of at least 4 members (excludes halogenated alkanes) is 7. The Morgan fingerprint density at radius 3 is 2.29 bits per heavy atom. The summed E-state index contributed by atoms with van der Waals surface area (Å²) in [6.07, 6.45) is 12.6. The van der Waals surface area contributed by atoms with Crippen molar-refractivity contribution in [2.75, 3.05) is 5.73 Å². The summed E-state index contributed by atoms with van der Waals surface area (Å²) >= 11 is 0. The van der Waals surface area contributed by atoms with E-state index in [0.29, 0.717) is 37.9 Å². The number of aromatic nitrogens is 1. The molecule has 6 unspecified atom stereocenters. The summed E-state index contributed by atoms with van der Waals surface area (Å²) in [6, 6.07) is 3.67. The fourth-order valence-electron chi connectivity index (χ4n) is 5.94. The van der Waals surface area contributed by atoms with E-state index in [4.69, 9.17) is 5.73 Å². The molecular weight excluding hydrogens is 484 g/mol. The van der Waals surface area contributed by atoms with Gasteiger partial charge < -0.3 is 31.3 Å². The molecule has 38 heavy (non-hydrogen) atoms. The second-order valence-electron chi connectivity index (χ2n) is 11.6. The molecule has 1 heterocycles. The average Bonchev–Trinajstić information content (AvgIpc) is 3.14. The monoisotopic (exact) mass is 536 g/mol. The lowest BCUT2D eigenvalue weighted by Crippen LogP contribution is -2.39. The van der Waals surface area contributed by atoms with Crippen LogP contribution in [0.15, 0.2) is 18.3 Å². The van der Waals surface area contributed by atoms with Crippen molar-refractivity contribution in [2.45, 2.75) is 140 Å². The Hall–Kier alpha value is -1.74. The molecule has 7 N–H and O–H groups in total. The molecule has 0 amide bonds. The zero-order valence-electron chi connectivity index (χ0n) is 23.3. The summed E-state index contributed by atoms with van der Waals surface area (Å²) in [6.45, 7) is 2.19. The van der Waals surface area contributed by atoms with Crippen LogP contribution in [0, 0.1) is 11.8 Å². The topological polar surface area (TPSA) is 157 Å². The quantitative estimate of drug-likeness (QED) is 0.132. The fraction of sp³-hybridized carbons (Fsp3) is 0.800. The number of aliphatic carboxylic acids is 1. The molecule has 0 bridgehead atoms. The molecule has 1 fully saturated rings. The maximum absolute atomic E-state index is 11.8. The van der Waals surface area contributed by atoms with E-state index >= 15 is 0 Å². The van der Waals surface area contributed by atoms with E-state index in [9.17, 15) is 30.3 Å². The third-order valence-electron chi connectivity index (χ3n) is 8.29. The summed E-state index contributed by atoms with van der Waals surface area (Å²) in [5.74, 6) is -1.40. The van der Waals surface area contributed by atoms with Crippen LogP contribution in [-0.4, -0.2) is 60.4 Å². The maximum atomic E-state index is 11.8. The first-order valence-corrected chi connectivity index (χ1v) is 14.8. The predicted octanol–water partition coefficient (Wildman–Crippen LogP) is 4.61. The summed E-state index contributed by atoms with van der Waals surface area (Å²) in [5, 5.41) is 52.1. The van der Waals surface area contributed by atoms with Crippen molar-refractivity contribution in [3.05, 3.63) is 23.9 Å². The van der Waals surface area contributed by atoms with Crippen LogP contribution in [0.3, 0.4) is 0 Å². The van der Waals surface area contributed by atoms with Gasteiger partial charge in [0.1, 0.15) is 5.82 Å². The number of nitrogen functional groups attached to an aromatic ring is 1. The van der Waals surface area contributed by atoms with E-state index in [-0.39, 0.29) is 24.9 Å². The van der Waals surface area contributed by atoms with Crippen LogP contribution in [0.2, 0.25) is 0 Å². The van der Waals surface area contributed by atoms with Gasteiger partial charge in [-0.15, -0.1) is 0 Å². The number of carboxylic acids is 1. The Morgan fingerprint density at radius 2 is 1.68 bits per heavy atom. The van der Waals surface area contributed by atoms with Crippen molar-refractivity contribution in [1.82, 2.24) is 4.98 Å². The lowest BCUT2D eigenvalue weighted by molar-refractivity contribution is -0.147. The highest BCUT2D eigenvalue weighted by Crippen LogP contribution is 2.40. The van der Waals surface area contributed by atoms with E-state index in [1.165, 1.54) is 25.7 Å². The maximum Gasteiger partial charge on any atom is 0.309 e. The van der Waals surface area contributed by atoms with Crippen LogP contribution >= 0.6 is 0 Å². The molecule has 1 aliphatic rings. The fourth-order valence-corrected chi connectivity index (χ4v) is 5.94. The molecule has 0 spiro atoms. The number of carbonyl (C=O) groups is 1. The standard InChI is InChI=1S/C30H52N2O6/c1-2-3-4-5-8-11-24(33)12-9-6-7-10-13-25(29(36)37)26(34)14-16-30(38)21-23(19-27(30)35)18-22-15-17-32-28(31)20-22/h15,17,20,23-27,33-35,38H,2-14,16,18-19,21H2,1H3,(H2,31,32)(H,36,37). The number of rotatable bonds is 20. The molecular formula is C30H52N2O6. The molecule has 1 saturated carbocycles. The molecule has 0 saturated heterocycles. The van der Waals surface area contributed by atoms with Crippen molar-refractivity contribution >= 4 is 11.8 Å². The number of pyridine rings is 1. The average molecular weight is 537 g/mol. The largest absolute Gasteiger partial charge is 0.481 e. The van der Waals surface area contributed by atoms with Crippen molar-refractivity contribution < 1.29 is 30.3 Å². The van der Waals surface area contributed by atoms with E-state index in [1.54, 1.807) is 12.3 Å². The summed E-state index contributed by atoms with van der Waals surface area (Å²) in [7, 11) is 0. The van der Waals surface area contributed by atoms with Crippen LogP contribution in [0.1, 0.15) is 115 Å². The minimum absolute atomic E-state index is 0.0730. The number of nitrogens with zero attached hydrogens (tertiary/aromatic N) is 1. The van der Waals surface area contributed by atoms with Crippen LogP contribution in [-0.2, 0) is 11.2 Å². The van der Waals surface area contributed by atoms with Crippen LogP contribution in [0.25, 0.3) is 0 Å². The van der Waals surface area contributed by atoms with Gasteiger partial charge in [0.25, 0.3) is 0 Å². The van der Waals surface area contributed by atoms with Crippen LogP contribution in [0.4, 0.5) is 5.82 Å². The van der Waals surface area contributed by atoms with E-state index in [2.05, 4.69) is 11.9 Å². The molecule has 8 heteroatoms. The van der Waals surface area contributed by atoms with Gasteiger partial charge in [-0.05, 0) is 75.0 Å². The third kappa shape index (κ3) is 11.6. The number of carboxylic acid groups (broad SMARTS) is 1. The zero-order valence-corrected chi connectivity index (χ0v) is 23.3. The van der Waals surface area contributed by atoms with Gasteiger partial charge >= 0.3 is 5.97 Å². The van der Waals surface area contributed by atoms with Gasteiger partial charge in [-0.3, -0.25) is 4.79 Å². The zero-order chi connectivity index (χ0) is 28.0. The minimum atomic E-state index is -1.33. The predicted molar refractivity (Wildman–Crippen MR) is 149 cm³/mol. The van der Waals surface area contributed by atoms with Crippen LogP contribution < -0.4 is 5.73 Å². The molecule has 8 nitrogen and oxygen atoms in total. The van der Waals surface area contributed by atoms with Gasteiger partial charge in [-0.2, -0.15) is 0 Å². The number of hydrogen-bond acceptors (Lipinski definition) is 7. The molecule has 1 aliphatic carbocycles. The summed E-state index contributed by atoms with van der Waals surface area (Å²) in [5.41, 5.74) is 5.42. The summed E-state index contributed by atoms with van der Waals surface area (Å²) in [4.78, 5) is 15.8. The second-order valence-corrected chi connectivity index (χ2v) is 11.6. The molecule has 0 aliphatic heterocycles. The molecule has 0 radical (unpaired) electrons. The molecule has 2 rings (SSSR count). The van der Waals surface area contributed by atoms with Crippen molar-refractivity contribution in [3.8, 4) is 0 Å². The SMILES string of the molecule is CCCCCCCC(O)CCCCCCC(C(=O)O)C(O)CCC1(O)CC(Cc2ccnc(N)c2)CC1O. The van der Waals surface area contributed by atoms with Crippen LogP contribution in [0.5, 0.6) is 0 Å². The molecule has 0 aromatic carbocycles. The Kier molecular flexibility index (Phi) is 14.6. The van der Waals surface area contributed by atoms with Crippen molar-refractivity contribution in [2.24, 2.45) is 11.8 Å². The lowest BCUT2D eigenvalue weighted by atomic mass is 9.86. The molecule has 218 valence electrons. The highest BCUT2D eigenvalue weighted by atomic mass is 16.4. The number of aliphatic hydroxyl groups excluding tert-OH is 3. The van der Waals surface area contributed by atoms with Gasteiger partial charge in [-0.25, -0.2) is 4.98 Å². The number of hydrogen-bond donors (Lipinski definition) is 6. The van der Waals surface area contributed by atoms with Gasteiger partial charge in [0.15, 0.2) is 0 Å². The van der Waals surface area contributed by atoms with Gasteiger partial charge in [-0.1, -0.05) is 64.7 Å². The number of anilines is 1. The van der Waals surface area contributed by atoms with Crippen molar-refractivity contribution in [3.63, 3.8) is 0 Å². The van der Waals surface area contributed by atoms with Gasteiger partial charge in [0.2, 0.25) is 0 Å². The Labute approximate surface area is 228 Å². The smallest absolute Gasteiger partial charge is 0.309 e. The normalized spacial score (nSPS) is 23.8. The minimum Gasteiger partial charge on any atom is -0.481 e. The van der Waals surface area contributed by atoms with Gasteiger partial charge in [0, 0.05) is 6.20 Å². The lowest BCUT2D eigenvalue weighted by Gasteiger charge is -2.29. The third-order valence-corrected chi connectivity index (χ3v) is 8.29. The van der Waals surface area contributed by atoms with E-state index in [0.717, 1.165) is 44.1 Å². The number of aliphatic hydroxyl groups is 4. The highest BCUT2D eigenvalue weighted by Gasteiger charge is 2.45. The Bertz CT molecular complexity index is 809. The second kappa shape index (κ2) is 17.1. The van der Waals surface area contributed by atoms with E-state index in [1.807, 2.05) is 6.07 Å². The first kappa shape index (κ1) is 32.5. The molecule has 1 aromatic heterocycles. The first-order chi connectivity index (χ1) is 18.1. The Morgan fingerprint density at radius 1 is 1.05 bits per heavy atom. The molecule has 6 atom stereocenters. The first-order valence-electron chi connectivity index (χ1n) is 14.8. The summed E-state index contributed by atoms with van der Waals surface area (Å²) < 4.78 is 0. The highest BCUT2D eigenvalue weighted by molar-refractivity contribution is 5.70.